The van der Waals surface area contributed by atoms with Gasteiger partial charge in [-0.1, -0.05) is 50.3 Å². The van der Waals surface area contributed by atoms with Gasteiger partial charge in [0.1, 0.15) is 23.9 Å². The van der Waals surface area contributed by atoms with Gasteiger partial charge in [-0.15, -0.1) is 10.2 Å². The zero-order chi connectivity index (χ0) is 54.4. The fourth-order valence-corrected chi connectivity index (χ4v) is 12.1. The number of methoxy groups -OCH3 is 1. The summed E-state index contributed by atoms with van der Waals surface area (Å²) in [6.45, 7) is 20.4. The summed E-state index contributed by atoms with van der Waals surface area (Å²) < 4.78 is 36.0. The number of aryl methyl sites for hydroxylation is 2. The second kappa shape index (κ2) is 25.0. The van der Waals surface area contributed by atoms with Gasteiger partial charge in [0, 0.05) is 70.2 Å². The predicted octanol–water partition coefficient (Wildman–Crippen LogP) is 4.11. The first-order chi connectivity index (χ1) is 34.8. The molecule has 0 saturated carbocycles. The first-order valence-electron chi connectivity index (χ1n) is 26.9. The fraction of sp³-hybridized carbons (Fsp3) is 0.778. The molecule has 1 unspecified atom stereocenters. The van der Waals surface area contributed by atoms with Gasteiger partial charge in [-0.2, -0.15) is 0 Å². The van der Waals surface area contributed by atoms with Gasteiger partial charge in [0.25, 0.3) is 5.91 Å². The highest BCUT2D eigenvalue weighted by atomic mass is 16.7. The standard InChI is InChI=1S/C54H89N9O11/c1-14-44-54(10,69)47(64)36(6)61(12)29-32(2)27-52(8,68)49(34(4)46(35(5)51(67)73-44)43-28-53(9,70-13)48(65)37(7)72-43)74-45-26-41(25-33(3)71-45)60(11)24-22-39-30-62(58-56-39)23-16-15-17-38-18-20-40(21-19-38)63-31-42(50(55)66)57-59-63/h18-21,30-37,41,43-49,64-65,68-69H,14-17,22-29H2,1-13H3,(H2,55,66)/t32-,33-,34+,35-,36-,37+,41+,43-,44-,45+,46?,47-,48+,49-,52-,53-,54-/m1/s1. The third kappa shape index (κ3) is 14.1. The first-order valence-corrected chi connectivity index (χ1v) is 26.9. The van der Waals surface area contributed by atoms with Crippen LogP contribution in [0.4, 0.5) is 0 Å². The van der Waals surface area contributed by atoms with Crippen molar-refractivity contribution in [2.24, 2.45) is 29.4 Å². The van der Waals surface area contributed by atoms with Gasteiger partial charge in [0.15, 0.2) is 12.0 Å². The second-order valence-corrected chi connectivity index (χ2v) is 22.9. The van der Waals surface area contributed by atoms with E-state index in [1.165, 1.54) is 23.4 Å². The SMILES string of the molecule is CC[C@H]1OC(=O)[C@H](C)C([C@H]2C[C@@](C)(OC)[C@@H](O)[C@H](C)O2)[C@H](C)[C@@H](O[C@H]2C[C@@H](N(C)CCc3cn(CCCCc4ccc(-n5cc(C(N)=O)nn5)cc4)nn3)C[C@@H](C)O2)[C@](C)(O)C[C@@H](C)CN(C)[C@H](C)[C@@H](O)[C@]1(C)O. The molecular formula is C54H89N9O11. The van der Waals surface area contributed by atoms with E-state index < -0.39 is 95.4 Å². The smallest absolute Gasteiger partial charge is 0.309 e. The number of nitrogens with zero attached hydrogens (tertiary/aromatic N) is 8. The molecule has 20 heteroatoms. The summed E-state index contributed by atoms with van der Waals surface area (Å²) in [4.78, 5) is 30.3. The topological polar surface area (TPSA) is 255 Å². The Bertz CT molecular complexity index is 2260. The van der Waals surface area contributed by atoms with E-state index in [0.717, 1.165) is 50.2 Å². The molecule has 3 aliphatic heterocycles. The van der Waals surface area contributed by atoms with Crippen LogP contribution in [0.3, 0.4) is 0 Å². The highest BCUT2D eigenvalue weighted by Crippen LogP contribution is 2.45. The largest absolute Gasteiger partial charge is 0.459 e. The predicted molar refractivity (Wildman–Crippen MR) is 277 cm³/mol. The molecule has 20 nitrogen and oxygen atoms in total. The minimum atomic E-state index is -1.79. The minimum Gasteiger partial charge on any atom is -0.459 e. The molecule has 74 heavy (non-hydrogen) atoms. The first kappa shape index (κ1) is 59.3. The number of ether oxygens (including phenoxy) is 5. The number of likely N-dealkylation sites (N-methyl/N-ethyl adjacent to an activating group) is 2. The molecule has 1 aromatic carbocycles. The molecule has 3 saturated heterocycles. The third-order valence-corrected chi connectivity index (χ3v) is 16.7. The quantitative estimate of drug-likeness (QED) is 0.1000. The number of hydrogen-bond donors (Lipinski definition) is 5. The molecule has 1 amide bonds. The van der Waals surface area contributed by atoms with Gasteiger partial charge in [-0.25, -0.2) is 4.68 Å². The number of hydrogen-bond acceptors (Lipinski definition) is 17. The maximum atomic E-state index is 14.6. The van der Waals surface area contributed by atoms with Crippen molar-refractivity contribution in [3.63, 3.8) is 0 Å². The molecule has 3 aromatic rings. The van der Waals surface area contributed by atoms with Crippen LogP contribution in [-0.4, -0.2) is 184 Å². The number of unbranched alkanes of at least 4 members (excludes halogenated alkanes) is 1. The monoisotopic (exact) mass is 1040 g/mol. The average Bonchev–Trinajstić information content (AvgIpc) is 4.04. The molecule has 416 valence electrons. The molecule has 3 aliphatic rings. The number of amides is 1. The Morgan fingerprint density at radius 1 is 0.932 bits per heavy atom. The molecule has 0 aliphatic carbocycles. The number of aliphatic hydroxyl groups is 4. The van der Waals surface area contributed by atoms with Gasteiger partial charge >= 0.3 is 5.97 Å². The van der Waals surface area contributed by atoms with Crippen LogP contribution in [0.1, 0.15) is 136 Å². The van der Waals surface area contributed by atoms with E-state index in [0.29, 0.717) is 25.8 Å². The van der Waals surface area contributed by atoms with E-state index in [1.807, 2.05) is 81.7 Å². The van der Waals surface area contributed by atoms with Crippen molar-refractivity contribution < 1.29 is 53.7 Å². The van der Waals surface area contributed by atoms with E-state index in [9.17, 15) is 30.0 Å². The summed E-state index contributed by atoms with van der Waals surface area (Å²) in [5, 5.41) is 64.6. The van der Waals surface area contributed by atoms with Crippen LogP contribution in [-0.2, 0) is 47.9 Å². The highest BCUT2D eigenvalue weighted by molar-refractivity contribution is 5.90. The van der Waals surface area contributed by atoms with Crippen LogP contribution in [0.15, 0.2) is 36.7 Å². The lowest BCUT2D eigenvalue weighted by Gasteiger charge is -2.51. The van der Waals surface area contributed by atoms with E-state index in [4.69, 9.17) is 29.4 Å². The summed E-state index contributed by atoms with van der Waals surface area (Å²) in [6.07, 6.45) is 2.83. The summed E-state index contributed by atoms with van der Waals surface area (Å²) in [5.74, 6) is -3.36. The number of primary amides is 1. The Kier molecular flexibility index (Phi) is 20.0. The maximum Gasteiger partial charge on any atom is 0.309 e. The second-order valence-electron chi connectivity index (χ2n) is 22.9. The Labute approximate surface area is 438 Å². The maximum absolute atomic E-state index is 14.6. The zero-order valence-corrected chi connectivity index (χ0v) is 46.3. The molecule has 0 spiro atoms. The molecule has 17 atom stereocenters. The average molecular weight is 1040 g/mol. The summed E-state index contributed by atoms with van der Waals surface area (Å²) in [7, 11) is 5.55. The normalized spacial score (nSPS) is 37.3. The van der Waals surface area contributed by atoms with E-state index in [-0.39, 0.29) is 36.6 Å². The summed E-state index contributed by atoms with van der Waals surface area (Å²) in [5.41, 5.74) is 4.06. The number of rotatable bonds is 16. The molecule has 5 heterocycles. The number of aromatic nitrogens is 6. The van der Waals surface area contributed by atoms with E-state index in [1.54, 1.807) is 27.9 Å². The minimum absolute atomic E-state index is 0.0783. The zero-order valence-electron chi connectivity index (χ0n) is 46.3. The van der Waals surface area contributed by atoms with Gasteiger partial charge in [-0.3, -0.25) is 14.3 Å². The van der Waals surface area contributed by atoms with Crippen LogP contribution < -0.4 is 5.73 Å². The number of carbonyl (C=O) groups is 2. The Hall–Kier alpha value is -3.96. The number of cyclic esters (lactones) is 1. The highest BCUT2D eigenvalue weighted by Gasteiger charge is 2.54. The van der Waals surface area contributed by atoms with Gasteiger partial charge < -0.3 is 59.6 Å². The van der Waals surface area contributed by atoms with Crippen LogP contribution in [0.25, 0.3) is 5.69 Å². The Morgan fingerprint density at radius 2 is 1.64 bits per heavy atom. The van der Waals surface area contributed by atoms with Crippen molar-refractivity contribution in [2.45, 2.75) is 211 Å². The number of benzene rings is 1. The van der Waals surface area contributed by atoms with Crippen LogP contribution >= 0.6 is 0 Å². The van der Waals surface area contributed by atoms with Gasteiger partial charge in [-0.05, 0) is 124 Å². The number of aliphatic hydroxyl groups excluding tert-OH is 2. The number of esters is 1. The van der Waals surface area contributed by atoms with E-state index >= 15 is 0 Å². The van der Waals surface area contributed by atoms with Crippen molar-refractivity contribution in [1.82, 2.24) is 39.8 Å². The van der Waals surface area contributed by atoms with Crippen molar-refractivity contribution in [2.75, 3.05) is 34.3 Å². The third-order valence-electron chi connectivity index (χ3n) is 16.7. The van der Waals surface area contributed by atoms with E-state index in [2.05, 4.69) is 39.5 Å². The summed E-state index contributed by atoms with van der Waals surface area (Å²) >= 11 is 0. The molecule has 6 N–H and O–H groups in total. The lowest BCUT2D eigenvalue weighted by molar-refractivity contribution is -0.275. The van der Waals surface area contributed by atoms with Gasteiger partial charge in [0.05, 0.1) is 59.1 Å². The van der Waals surface area contributed by atoms with Crippen LogP contribution in [0.2, 0.25) is 0 Å². The van der Waals surface area contributed by atoms with Crippen LogP contribution in [0, 0.1) is 23.7 Å². The van der Waals surface area contributed by atoms with Crippen molar-refractivity contribution in [1.29, 1.82) is 0 Å². The lowest BCUT2D eigenvalue weighted by atomic mass is 9.68. The van der Waals surface area contributed by atoms with Crippen molar-refractivity contribution in [3.8, 4) is 5.69 Å². The van der Waals surface area contributed by atoms with Gasteiger partial charge in [0.2, 0.25) is 0 Å². The lowest BCUT2D eigenvalue weighted by Crippen LogP contribution is -2.61. The molecule has 3 fully saturated rings. The van der Waals surface area contributed by atoms with Crippen molar-refractivity contribution >= 4 is 11.9 Å². The summed E-state index contributed by atoms with van der Waals surface area (Å²) in [6, 6.07) is 7.53. The molecule has 6 rings (SSSR count). The number of carbonyl (C=O) groups excluding carboxylic acids is 2. The van der Waals surface area contributed by atoms with Crippen LogP contribution in [0.5, 0.6) is 0 Å². The number of nitrogens with two attached hydrogens (primary N) is 1. The Balaban J connectivity index is 1.15. The molecule has 0 bridgehead atoms. The molecule has 0 radical (unpaired) electrons. The molecule has 2 aromatic heterocycles. The fourth-order valence-electron chi connectivity index (χ4n) is 12.1. The molecular weight excluding hydrogens is 951 g/mol. The Morgan fingerprint density at radius 3 is 2.28 bits per heavy atom. The van der Waals surface area contributed by atoms with Crippen molar-refractivity contribution in [3.05, 3.63) is 53.6 Å².